The van der Waals surface area contributed by atoms with Crippen molar-refractivity contribution >= 4 is 40.0 Å². The van der Waals surface area contributed by atoms with Crippen LogP contribution in [0.15, 0.2) is 108 Å². The molecule has 256 valence electrons. The second kappa shape index (κ2) is 11.7. The maximum absolute atomic E-state index is 18.1. The van der Waals surface area contributed by atoms with Crippen molar-refractivity contribution in [2.75, 3.05) is 12.4 Å². The molecule has 0 bridgehead atoms. The summed E-state index contributed by atoms with van der Waals surface area (Å²) in [4.78, 5) is 5.29. The average Bonchev–Trinajstić information content (AvgIpc) is 3.64. The molecule has 1 aromatic heterocycles. The Morgan fingerprint density at radius 3 is 2.29 bits per heavy atom. The Labute approximate surface area is 295 Å². The van der Waals surface area contributed by atoms with Crippen molar-refractivity contribution in [3.05, 3.63) is 136 Å². The van der Waals surface area contributed by atoms with Gasteiger partial charge in [0.15, 0.2) is 0 Å². The van der Waals surface area contributed by atoms with Gasteiger partial charge in [-0.25, -0.2) is 0 Å². The summed E-state index contributed by atoms with van der Waals surface area (Å²) in [6.45, 7) is -2.33. The minimum Gasteiger partial charge on any atom is -0.494 e. The minimum atomic E-state index is -4.46. The number of hydrogen-bond donors (Lipinski definition) is 1. The minimum absolute atomic E-state index is 0.0921. The first-order valence-electron chi connectivity index (χ1n) is 17.3. The van der Waals surface area contributed by atoms with E-state index in [9.17, 15) is 8.42 Å². The molecule has 9 rings (SSSR count). The number of benzene rings is 4. The van der Waals surface area contributed by atoms with E-state index in [0.29, 0.717) is 42.0 Å². The molecule has 1 N–H and O–H groups in total. The van der Waals surface area contributed by atoms with Gasteiger partial charge in [-0.1, -0.05) is 84.4 Å². The molecule has 0 fully saturated rings. The Kier molecular flexibility index (Phi) is 7.31. The van der Waals surface area contributed by atoms with Crippen molar-refractivity contribution in [3.8, 4) is 28.1 Å². The van der Waals surface area contributed by atoms with Crippen molar-refractivity contribution in [1.29, 1.82) is 0 Å². The molecule has 51 heavy (non-hydrogen) atoms. The van der Waals surface area contributed by atoms with E-state index in [1.54, 1.807) is 6.07 Å². The third kappa shape index (κ3) is 5.12. The highest BCUT2D eigenvalue weighted by atomic mass is 32.2. The smallest absolute Gasteiger partial charge is 0.494 e. The highest BCUT2D eigenvalue weighted by Crippen LogP contribution is 2.52. The summed E-state index contributed by atoms with van der Waals surface area (Å²) in [5, 5.41) is 0. The predicted octanol–water partition coefficient (Wildman–Crippen LogP) is 8.07. The summed E-state index contributed by atoms with van der Waals surface area (Å²) in [5.74, 6) is 0.669. The lowest BCUT2D eigenvalue weighted by Crippen LogP contribution is -2.53. The predicted molar refractivity (Wildman–Crippen MR) is 197 cm³/mol. The number of aryl methyl sites for hydroxylation is 3. The zero-order valence-corrected chi connectivity index (χ0v) is 28.8. The maximum atomic E-state index is 18.1. The molecule has 0 saturated carbocycles. The van der Waals surface area contributed by atoms with Crippen molar-refractivity contribution < 1.29 is 30.8 Å². The molecule has 0 radical (unpaired) electrons. The fourth-order valence-corrected chi connectivity index (χ4v) is 8.87. The van der Waals surface area contributed by atoms with Gasteiger partial charge < -0.3 is 22.3 Å². The van der Waals surface area contributed by atoms with Crippen LogP contribution in [0.5, 0.6) is 5.75 Å². The Morgan fingerprint density at radius 1 is 0.863 bits per heavy atom. The van der Waals surface area contributed by atoms with Gasteiger partial charge in [0.25, 0.3) is 16.0 Å². The standard InChI is InChI=1S/C40H34BF2N3O4S/c1-25-13-17-31-28(23-25)14-18-33-35(26-9-4-2-5-10-26)39-44-40-36(27-11-6-3-7-12-27)34-19-15-29-24-30(50-21-8-22-51(47,48)49)16-20-32(29)38(34)46(40)41(42,43)45(39)37(31)33/h2-7,9-13,16-17,20,23-24H,8,14-15,18-19,21-22H2,1H3,(H,47,48,49). The van der Waals surface area contributed by atoms with Crippen molar-refractivity contribution in [2.24, 2.45) is 4.99 Å². The van der Waals surface area contributed by atoms with Crippen molar-refractivity contribution in [1.82, 2.24) is 4.48 Å². The van der Waals surface area contributed by atoms with Gasteiger partial charge in [-0.2, -0.15) is 8.42 Å². The summed E-state index contributed by atoms with van der Waals surface area (Å²) in [6.07, 6.45) is 2.65. The van der Waals surface area contributed by atoms with Crippen LogP contribution in [0.2, 0.25) is 0 Å². The summed E-state index contributed by atoms with van der Waals surface area (Å²) >= 11 is 0. The first kappa shape index (κ1) is 31.8. The Morgan fingerprint density at radius 2 is 1.55 bits per heavy atom. The molecule has 0 unspecified atom stereocenters. The molecule has 4 aromatic carbocycles. The van der Waals surface area contributed by atoms with Gasteiger partial charge >= 0.3 is 6.97 Å². The lowest BCUT2D eigenvalue weighted by atomic mass is 9.82. The molecule has 0 spiro atoms. The van der Waals surface area contributed by atoms with Gasteiger partial charge in [0.05, 0.1) is 29.2 Å². The van der Waals surface area contributed by atoms with Crippen LogP contribution in [-0.2, 0) is 29.4 Å². The first-order valence-corrected chi connectivity index (χ1v) is 18.9. The van der Waals surface area contributed by atoms with Crippen molar-refractivity contribution in [2.45, 2.75) is 39.0 Å². The van der Waals surface area contributed by atoms with Crippen LogP contribution in [0, 0.1) is 6.92 Å². The molecule has 0 amide bonds. The third-order valence-electron chi connectivity index (χ3n) is 10.5. The molecule has 7 nitrogen and oxygen atoms in total. The molecule has 0 saturated heterocycles. The molecule has 11 heteroatoms. The third-order valence-corrected chi connectivity index (χ3v) is 11.3. The summed E-state index contributed by atoms with van der Waals surface area (Å²) in [5.41, 5.74) is 10.5. The number of hydrogen-bond acceptors (Lipinski definition) is 4. The van der Waals surface area contributed by atoms with E-state index >= 15 is 8.63 Å². The summed E-state index contributed by atoms with van der Waals surface area (Å²) in [7, 11) is -4.09. The number of aromatic nitrogens is 1. The first-order chi connectivity index (χ1) is 24.6. The zero-order chi connectivity index (χ0) is 35.1. The van der Waals surface area contributed by atoms with Gasteiger partial charge in [0.1, 0.15) is 5.75 Å². The number of rotatable bonds is 7. The van der Waals surface area contributed by atoms with Gasteiger partial charge in [-0.15, -0.1) is 0 Å². The molecular weight excluding hydrogens is 667 g/mol. The van der Waals surface area contributed by atoms with Crippen LogP contribution in [0.3, 0.4) is 0 Å². The number of nitrogens with zero attached hydrogens (tertiary/aromatic N) is 3. The Bertz CT molecular complexity index is 2490. The molecule has 4 aliphatic rings. The fraction of sp³-hybridized carbons (Fsp3) is 0.200. The topological polar surface area (TPSA) is 83.9 Å². The fourth-order valence-electron chi connectivity index (χ4n) is 8.39. The largest absolute Gasteiger partial charge is 0.642 e. The van der Waals surface area contributed by atoms with Crippen LogP contribution in [0.4, 0.5) is 14.4 Å². The van der Waals surface area contributed by atoms with E-state index in [-0.39, 0.29) is 24.7 Å². The number of halogens is 2. The Balaban J connectivity index is 1.28. The van der Waals surface area contributed by atoms with Crippen molar-refractivity contribution in [3.63, 3.8) is 0 Å². The van der Waals surface area contributed by atoms with Crippen LogP contribution < -0.4 is 4.74 Å². The Hall–Kier alpha value is -5.13. The van der Waals surface area contributed by atoms with Crippen LogP contribution in [0.25, 0.3) is 28.0 Å². The molecule has 5 aromatic rings. The second-order valence-electron chi connectivity index (χ2n) is 13.7. The average molecular weight is 702 g/mol. The zero-order valence-electron chi connectivity index (χ0n) is 27.9. The highest BCUT2D eigenvalue weighted by molar-refractivity contribution is 7.85. The van der Waals surface area contributed by atoms with Gasteiger partial charge in [0, 0.05) is 16.8 Å². The van der Waals surface area contributed by atoms with Crippen LogP contribution in [0.1, 0.15) is 46.2 Å². The normalized spacial score (nSPS) is 16.8. The number of aliphatic imine (C=N–C) groups is 1. The molecule has 2 aliphatic heterocycles. The van der Waals surface area contributed by atoms with E-state index in [2.05, 4.69) is 6.07 Å². The lowest BCUT2D eigenvalue weighted by Gasteiger charge is -2.34. The maximum Gasteiger partial charge on any atom is 0.642 e. The number of amidine groups is 1. The van der Waals surface area contributed by atoms with Crippen LogP contribution >= 0.6 is 0 Å². The lowest BCUT2D eigenvalue weighted by molar-refractivity contribution is -0.291. The van der Waals surface area contributed by atoms with E-state index in [1.165, 1.54) is 8.96 Å². The SMILES string of the molecule is Cc1ccc2c(c1)CCc1c(-c3ccccc3)c3n(c1-2)[B-](F)(F)[N+]1=C2C(=C(c4ccccc4)C1=N3)CCc1cc(OCCCS(=O)(=O)O)ccc12. The summed E-state index contributed by atoms with van der Waals surface area (Å²) < 4.78 is 75.9. The molecule has 2 aliphatic carbocycles. The molecule has 3 heterocycles. The number of allylic oxidation sites excluding steroid dienone is 1. The molecule has 0 atom stereocenters. The van der Waals surface area contributed by atoms with Gasteiger partial charge in [-0.05, 0) is 95.6 Å². The molecular formula is C40H34BF2N3O4S. The van der Waals surface area contributed by atoms with E-state index in [0.717, 1.165) is 62.1 Å². The van der Waals surface area contributed by atoms with E-state index < -0.39 is 22.8 Å². The quantitative estimate of drug-likeness (QED) is 0.106. The van der Waals surface area contributed by atoms with Crippen LogP contribution in [-0.4, -0.2) is 52.8 Å². The van der Waals surface area contributed by atoms with Gasteiger partial charge in [0.2, 0.25) is 5.82 Å². The number of fused-ring (bicyclic) bond motifs is 9. The monoisotopic (exact) mass is 701 g/mol. The van der Waals surface area contributed by atoms with Gasteiger partial charge in [-0.3, -0.25) is 4.55 Å². The van der Waals surface area contributed by atoms with E-state index in [1.807, 2.05) is 91.9 Å². The highest BCUT2D eigenvalue weighted by Gasteiger charge is 2.56. The second-order valence-corrected chi connectivity index (χ2v) is 15.3. The van der Waals surface area contributed by atoms with E-state index in [4.69, 9.17) is 14.3 Å². The number of ether oxygens (including phenoxy) is 1. The summed E-state index contributed by atoms with van der Waals surface area (Å²) in [6, 6.07) is 31.0.